The number of amides is 1. The Bertz CT molecular complexity index is 750. The summed E-state index contributed by atoms with van der Waals surface area (Å²) in [6.45, 7) is 4.48. The van der Waals surface area contributed by atoms with Crippen molar-refractivity contribution in [3.05, 3.63) is 41.2 Å². The number of rotatable bonds is 3. The first kappa shape index (κ1) is 15.7. The van der Waals surface area contributed by atoms with Crippen LogP contribution in [0.4, 0.5) is 0 Å². The second kappa shape index (κ2) is 6.22. The highest BCUT2D eigenvalue weighted by Crippen LogP contribution is 2.32. The molecule has 0 aromatic carbocycles. The van der Waals surface area contributed by atoms with Gasteiger partial charge in [-0.1, -0.05) is 17.7 Å². The van der Waals surface area contributed by atoms with E-state index in [0.29, 0.717) is 34.3 Å². The number of carbonyl (C=O) groups excluding carboxylic acids is 1. The fourth-order valence-corrected chi connectivity index (χ4v) is 4.07. The smallest absolute Gasteiger partial charge is 0.287 e. The number of carbonyl (C=O) groups is 1. The van der Waals surface area contributed by atoms with Gasteiger partial charge in [0, 0.05) is 12.1 Å². The van der Waals surface area contributed by atoms with Gasteiger partial charge < -0.3 is 9.73 Å². The number of hydrogen-bond donors (Lipinski definition) is 1. The number of nitrogens with one attached hydrogen (secondary N) is 1. The van der Waals surface area contributed by atoms with Crippen molar-refractivity contribution in [1.29, 1.82) is 0 Å². The Balaban J connectivity index is 1.49. The zero-order chi connectivity index (χ0) is 16.7. The molecule has 0 spiro atoms. The van der Waals surface area contributed by atoms with Crippen LogP contribution in [0.15, 0.2) is 34.7 Å². The van der Waals surface area contributed by atoms with E-state index in [-0.39, 0.29) is 11.9 Å². The fourth-order valence-electron chi connectivity index (χ4n) is 3.91. The molecule has 2 bridgehead atoms. The summed E-state index contributed by atoms with van der Waals surface area (Å²) in [5, 5.41) is 3.57. The molecular formula is C18H20ClN3O2. The SMILES string of the molecule is CC1C(NC(=O)c2ccc(-c3cccc(Cl)n3)o2)C2CCN1CC2. The van der Waals surface area contributed by atoms with Gasteiger partial charge in [0.25, 0.3) is 5.91 Å². The lowest BCUT2D eigenvalue weighted by Crippen LogP contribution is -2.62. The zero-order valence-electron chi connectivity index (χ0n) is 13.5. The van der Waals surface area contributed by atoms with E-state index in [1.54, 1.807) is 18.2 Å². The minimum absolute atomic E-state index is 0.158. The van der Waals surface area contributed by atoms with Gasteiger partial charge in [-0.3, -0.25) is 9.69 Å². The largest absolute Gasteiger partial charge is 0.449 e. The molecule has 2 aromatic heterocycles. The second-order valence-corrected chi connectivity index (χ2v) is 7.01. The van der Waals surface area contributed by atoms with Crippen LogP contribution in [0.3, 0.4) is 0 Å². The number of nitrogens with zero attached hydrogens (tertiary/aromatic N) is 2. The highest BCUT2D eigenvalue weighted by atomic mass is 35.5. The Morgan fingerprint density at radius 1 is 1.29 bits per heavy atom. The number of hydrogen-bond acceptors (Lipinski definition) is 4. The van der Waals surface area contributed by atoms with E-state index in [0.717, 1.165) is 25.9 Å². The maximum absolute atomic E-state index is 12.6. The van der Waals surface area contributed by atoms with Gasteiger partial charge in [-0.25, -0.2) is 4.98 Å². The van der Waals surface area contributed by atoms with Crippen LogP contribution in [0.2, 0.25) is 5.15 Å². The van der Waals surface area contributed by atoms with E-state index in [1.807, 2.05) is 12.1 Å². The first-order chi connectivity index (χ1) is 11.6. The lowest BCUT2D eigenvalue weighted by atomic mass is 9.79. The molecular weight excluding hydrogens is 326 g/mol. The van der Waals surface area contributed by atoms with Crippen LogP contribution in [0, 0.1) is 5.92 Å². The molecule has 5 nitrogen and oxygen atoms in total. The van der Waals surface area contributed by atoms with Crippen molar-refractivity contribution in [2.75, 3.05) is 13.1 Å². The van der Waals surface area contributed by atoms with Crippen LogP contribution in [-0.4, -0.2) is 41.0 Å². The van der Waals surface area contributed by atoms with Gasteiger partial charge in [0.1, 0.15) is 10.8 Å². The Kier molecular flexibility index (Phi) is 4.06. The topological polar surface area (TPSA) is 58.4 Å². The molecule has 0 saturated carbocycles. The summed E-state index contributed by atoms with van der Waals surface area (Å²) >= 11 is 5.91. The normalized spacial score (nSPS) is 28.8. The molecule has 0 aliphatic carbocycles. The summed E-state index contributed by atoms with van der Waals surface area (Å²) in [6, 6.07) is 9.34. The van der Waals surface area contributed by atoms with Crippen molar-refractivity contribution in [3.63, 3.8) is 0 Å². The summed E-state index contributed by atoms with van der Waals surface area (Å²) in [4.78, 5) is 19.2. The zero-order valence-corrected chi connectivity index (χ0v) is 14.3. The lowest BCUT2D eigenvalue weighted by Gasteiger charge is -2.49. The molecule has 3 fully saturated rings. The van der Waals surface area contributed by atoms with E-state index >= 15 is 0 Å². The van der Waals surface area contributed by atoms with Crippen molar-refractivity contribution < 1.29 is 9.21 Å². The van der Waals surface area contributed by atoms with Gasteiger partial charge >= 0.3 is 0 Å². The van der Waals surface area contributed by atoms with Crippen LogP contribution in [0.5, 0.6) is 0 Å². The molecule has 2 aromatic rings. The Morgan fingerprint density at radius 2 is 2.08 bits per heavy atom. The molecule has 6 heteroatoms. The molecule has 3 aliphatic rings. The van der Waals surface area contributed by atoms with Crippen LogP contribution >= 0.6 is 11.6 Å². The van der Waals surface area contributed by atoms with E-state index < -0.39 is 0 Å². The van der Waals surface area contributed by atoms with E-state index in [1.165, 1.54) is 0 Å². The molecule has 1 amide bonds. The molecule has 3 aliphatic heterocycles. The number of pyridine rings is 1. The van der Waals surface area contributed by atoms with E-state index in [2.05, 4.69) is 22.1 Å². The summed E-state index contributed by atoms with van der Waals surface area (Å²) in [5.41, 5.74) is 0.623. The number of halogens is 1. The van der Waals surface area contributed by atoms with E-state index in [9.17, 15) is 4.79 Å². The highest BCUT2D eigenvalue weighted by molar-refractivity contribution is 6.29. The van der Waals surface area contributed by atoms with Gasteiger partial charge in [-0.15, -0.1) is 0 Å². The molecule has 5 rings (SSSR count). The first-order valence-corrected chi connectivity index (χ1v) is 8.77. The third kappa shape index (κ3) is 2.82. The maximum Gasteiger partial charge on any atom is 0.287 e. The Hall–Kier alpha value is -1.85. The van der Waals surface area contributed by atoms with Crippen LogP contribution < -0.4 is 5.32 Å². The Labute approximate surface area is 146 Å². The Morgan fingerprint density at radius 3 is 2.79 bits per heavy atom. The van der Waals surface area contributed by atoms with Crippen molar-refractivity contribution in [2.24, 2.45) is 5.92 Å². The van der Waals surface area contributed by atoms with Crippen molar-refractivity contribution >= 4 is 17.5 Å². The summed E-state index contributed by atoms with van der Waals surface area (Å²) in [5.74, 6) is 1.27. The van der Waals surface area contributed by atoms with Gasteiger partial charge in [0.2, 0.25) is 0 Å². The summed E-state index contributed by atoms with van der Waals surface area (Å²) in [6.07, 6.45) is 2.32. The third-order valence-corrected chi connectivity index (χ3v) is 5.48. The van der Waals surface area contributed by atoms with Crippen molar-refractivity contribution in [2.45, 2.75) is 31.8 Å². The molecule has 126 valence electrons. The summed E-state index contributed by atoms with van der Waals surface area (Å²) < 4.78 is 5.70. The van der Waals surface area contributed by atoms with Crippen molar-refractivity contribution in [3.8, 4) is 11.5 Å². The third-order valence-electron chi connectivity index (χ3n) is 5.27. The molecule has 3 saturated heterocycles. The molecule has 24 heavy (non-hydrogen) atoms. The molecule has 2 unspecified atom stereocenters. The fraction of sp³-hybridized carbons (Fsp3) is 0.444. The average Bonchev–Trinajstić information content (AvgIpc) is 3.09. The minimum Gasteiger partial charge on any atom is -0.449 e. The number of fused-ring (bicyclic) bond motifs is 3. The summed E-state index contributed by atoms with van der Waals surface area (Å²) in [7, 11) is 0. The standard InChI is InChI=1S/C18H20ClN3O2/c1-11-17(12-7-9-22(11)10-8-12)21-18(23)15-6-5-14(24-15)13-3-2-4-16(19)20-13/h2-6,11-12,17H,7-10H2,1H3,(H,21,23). The number of aromatic nitrogens is 1. The molecule has 0 radical (unpaired) electrons. The van der Waals surface area contributed by atoms with E-state index in [4.69, 9.17) is 16.0 Å². The van der Waals surface area contributed by atoms with Gasteiger partial charge in [0.15, 0.2) is 11.5 Å². The predicted molar refractivity (Wildman–Crippen MR) is 92.0 cm³/mol. The van der Waals surface area contributed by atoms with Gasteiger partial charge in [0.05, 0.1) is 0 Å². The second-order valence-electron chi connectivity index (χ2n) is 6.62. The quantitative estimate of drug-likeness (QED) is 0.868. The lowest BCUT2D eigenvalue weighted by molar-refractivity contribution is 0.0211. The van der Waals surface area contributed by atoms with Crippen LogP contribution in [0.25, 0.3) is 11.5 Å². The van der Waals surface area contributed by atoms with Gasteiger partial charge in [-0.2, -0.15) is 0 Å². The molecule has 1 N–H and O–H groups in total. The monoisotopic (exact) mass is 345 g/mol. The first-order valence-electron chi connectivity index (χ1n) is 8.39. The number of piperidine rings is 3. The minimum atomic E-state index is -0.158. The molecule has 2 atom stereocenters. The van der Waals surface area contributed by atoms with Crippen LogP contribution in [0.1, 0.15) is 30.3 Å². The predicted octanol–water partition coefficient (Wildman–Crippen LogP) is 3.21. The number of furan rings is 1. The average molecular weight is 346 g/mol. The maximum atomic E-state index is 12.6. The molecule has 5 heterocycles. The highest BCUT2D eigenvalue weighted by Gasteiger charge is 2.40. The van der Waals surface area contributed by atoms with Gasteiger partial charge in [-0.05, 0) is 63.0 Å². The van der Waals surface area contributed by atoms with Crippen molar-refractivity contribution in [1.82, 2.24) is 15.2 Å². The van der Waals surface area contributed by atoms with Crippen LogP contribution in [-0.2, 0) is 0 Å².